The predicted molar refractivity (Wildman–Crippen MR) is 99.7 cm³/mol. The molecule has 0 radical (unpaired) electrons. The zero-order chi connectivity index (χ0) is 14.9. The number of benzene rings is 2. The molecule has 0 saturated heterocycles. The molecule has 0 heterocycles. The third kappa shape index (κ3) is 3.14. The maximum Gasteiger partial charge on any atom is 0.195 e. The molecular formula is C14H7Br5O. The molecule has 104 valence electrons. The molecule has 0 amide bonds. The van der Waals surface area contributed by atoms with E-state index in [2.05, 4.69) is 79.6 Å². The molecule has 0 aromatic heterocycles. The van der Waals surface area contributed by atoms with Crippen molar-refractivity contribution in [2.75, 3.05) is 0 Å². The fraction of sp³-hybridized carbons (Fsp3) is 0.0714. The average Bonchev–Trinajstić information content (AvgIpc) is 2.47. The van der Waals surface area contributed by atoms with Crippen molar-refractivity contribution in [3.05, 3.63) is 64.9 Å². The lowest BCUT2D eigenvalue weighted by molar-refractivity contribution is 0.103. The van der Waals surface area contributed by atoms with E-state index in [1.165, 1.54) is 0 Å². The predicted octanol–water partition coefficient (Wildman–Crippen LogP) is 6.86. The number of carbonyl (C=O) groups is 1. The first kappa shape index (κ1) is 16.9. The molecule has 2 rings (SSSR count). The van der Waals surface area contributed by atoms with Gasteiger partial charge in [0, 0.05) is 28.8 Å². The summed E-state index contributed by atoms with van der Waals surface area (Å²) in [7, 11) is 0. The summed E-state index contributed by atoms with van der Waals surface area (Å²) >= 11 is 17.6. The van der Waals surface area contributed by atoms with Crippen molar-refractivity contribution in [3.63, 3.8) is 0 Å². The second-order valence-corrected chi connectivity index (χ2v) is 7.67. The highest BCUT2D eigenvalue weighted by Crippen LogP contribution is 2.43. The Labute approximate surface area is 159 Å². The van der Waals surface area contributed by atoms with E-state index in [0.29, 0.717) is 16.5 Å². The van der Waals surface area contributed by atoms with Crippen molar-refractivity contribution in [1.29, 1.82) is 0 Å². The Kier molecular flexibility index (Phi) is 6.06. The highest BCUT2D eigenvalue weighted by Gasteiger charge is 2.23. The standard InChI is InChI=1S/C14H7Br5O/c15-6-8-10(16)12(18)9(13(19)11(8)17)14(20)7-4-2-1-3-5-7/h1-5H,6H2. The third-order valence-corrected chi connectivity index (χ3v) is 7.71. The van der Waals surface area contributed by atoms with Gasteiger partial charge in [-0.1, -0.05) is 46.3 Å². The zero-order valence-electron chi connectivity index (χ0n) is 9.89. The maximum atomic E-state index is 12.7. The molecule has 0 aliphatic heterocycles. The Bertz CT molecular complexity index is 638. The van der Waals surface area contributed by atoms with Crippen molar-refractivity contribution in [2.24, 2.45) is 0 Å². The van der Waals surface area contributed by atoms with Crippen molar-refractivity contribution < 1.29 is 4.79 Å². The van der Waals surface area contributed by atoms with Gasteiger partial charge in [-0.25, -0.2) is 0 Å². The van der Waals surface area contributed by atoms with E-state index in [4.69, 9.17) is 0 Å². The van der Waals surface area contributed by atoms with Gasteiger partial charge in [-0.05, 0) is 69.3 Å². The van der Waals surface area contributed by atoms with Crippen molar-refractivity contribution in [2.45, 2.75) is 5.33 Å². The molecule has 0 saturated carbocycles. The number of halogens is 5. The van der Waals surface area contributed by atoms with E-state index in [0.717, 1.165) is 23.5 Å². The van der Waals surface area contributed by atoms with Crippen LogP contribution in [0.3, 0.4) is 0 Å². The van der Waals surface area contributed by atoms with Gasteiger partial charge in [0.15, 0.2) is 5.78 Å². The van der Waals surface area contributed by atoms with Gasteiger partial charge < -0.3 is 0 Å². The maximum absolute atomic E-state index is 12.7. The molecule has 0 N–H and O–H groups in total. The summed E-state index contributed by atoms with van der Waals surface area (Å²) in [4.78, 5) is 12.7. The normalized spacial score (nSPS) is 10.7. The van der Waals surface area contributed by atoms with Gasteiger partial charge in [0.25, 0.3) is 0 Å². The summed E-state index contributed by atoms with van der Waals surface area (Å²) < 4.78 is 3.22. The summed E-state index contributed by atoms with van der Waals surface area (Å²) in [6.07, 6.45) is 0. The Morgan fingerprint density at radius 1 is 0.850 bits per heavy atom. The van der Waals surface area contributed by atoms with E-state index in [-0.39, 0.29) is 5.78 Å². The van der Waals surface area contributed by atoms with Gasteiger partial charge in [0.1, 0.15) is 0 Å². The van der Waals surface area contributed by atoms with Crippen LogP contribution in [0.4, 0.5) is 0 Å². The second-order valence-electron chi connectivity index (χ2n) is 3.94. The van der Waals surface area contributed by atoms with Crippen LogP contribution < -0.4 is 0 Å². The minimum Gasteiger partial charge on any atom is -0.289 e. The van der Waals surface area contributed by atoms with E-state index in [9.17, 15) is 4.79 Å². The fourth-order valence-corrected chi connectivity index (χ4v) is 5.88. The molecule has 0 spiro atoms. The number of ketones is 1. The first-order chi connectivity index (χ1) is 9.49. The van der Waals surface area contributed by atoms with Gasteiger partial charge in [0.2, 0.25) is 0 Å². The van der Waals surface area contributed by atoms with Crippen LogP contribution in [-0.2, 0) is 5.33 Å². The number of carbonyl (C=O) groups excluding carboxylic acids is 1. The second kappa shape index (κ2) is 7.18. The van der Waals surface area contributed by atoms with Crippen LogP contribution >= 0.6 is 79.6 Å². The summed E-state index contributed by atoms with van der Waals surface area (Å²) in [5.74, 6) is -0.0353. The van der Waals surface area contributed by atoms with Crippen molar-refractivity contribution in [3.8, 4) is 0 Å². The Morgan fingerprint density at radius 2 is 1.35 bits per heavy atom. The number of hydrogen-bond donors (Lipinski definition) is 0. The molecule has 0 bridgehead atoms. The van der Waals surface area contributed by atoms with Gasteiger partial charge in [0.05, 0.1) is 5.56 Å². The lowest BCUT2D eigenvalue weighted by Gasteiger charge is -2.14. The van der Waals surface area contributed by atoms with Crippen LogP contribution in [0.1, 0.15) is 21.5 Å². The SMILES string of the molecule is O=C(c1ccccc1)c1c(Br)c(Br)c(CBr)c(Br)c1Br. The highest BCUT2D eigenvalue weighted by atomic mass is 79.9. The quantitative estimate of drug-likeness (QED) is 0.217. The molecule has 0 atom stereocenters. The largest absolute Gasteiger partial charge is 0.289 e. The average molecular weight is 591 g/mol. The number of hydrogen-bond acceptors (Lipinski definition) is 1. The lowest BCUT2D eigenvalue weighted by atomic mass is 10.0. The van der Waals surface area contributed by atoms with Crippen LogP contribution in [-0.4, -0.2) is 5.78 Å². The van der Waals surface area contributed by atoms with Crippen LogP contribution in [0.2, 0.25) is 0 Å². The monoisotopic (exact) mass is 586 g/mol. The van der Waals surface area contributed by atoms with Crippen LogP contribution in [0, 0.1) is 0 Å². The molecule has 0 unspecified atom stereocenters. The van der Waals surface area contributed by atoms with E-state index in [1.807, 2.05) is 18.2 Å². The van der Waals surface area contributed by atoms with Crippen LogP contribution in [0.25, 0.3) is 0 Å². The van der Waals surface area contributed by atoms with E-state index < -0.39 is 0 Å². The molecule has 2 aromatic rings. The third-order valence-electron chi connectivity index (χ3n) is 2.75. The van der Waals surface area contributed by atoms with Crippen LogP contribution in [0.15, 0.2) is 48.2 Å². The molecule has 0 aliphatic rings. The molecule has 20 heavy (non-hydrogen) atoms. The summed E-state index contributed by atoms with van der Waals surface area (Å²) in [5, 5.41) is 0.672. The van der Waals surface area contributed by atoms with Crippen molar-refractivity contribution in [1.82, 2.24) is 0 Å². The highest BCUT2D eigenvalue weighted by molar-refractivity contribution is 9.14. The van der Waals surface area contributed by atoms with Crippen LogP contribution in [0.5, 0.6) is 0 Å². The Balaban J connectivity index is 2.67. The number of alkyl halides is 1. The van der Waals surface area contributed by atoms with E-state index >= 15 is 0 Å². The smallest absolute Gasteiger partial charge is 0.195 e. The molecule has 0 fully saturated rings. The van der Waals surface area contributed by atoms with E-state index in [1.54, 1.807) is 12.1 Å². The number of rotatable bonds is 3. The lowest BCUT2D eigenvalue weighted by Crippen LogP contribution is -2.06. The first-order valence-electron chi connectivity index (χ1n) is 5.49. The van der Waals surface area contributed by atoms with Gasteiger partial charge in [-0.15, -0.1) is 0 Å². The van der Waals surface area contributed by atoms with Gasteiger partial charge >= 0.3 is 0 Å². The molecule has 0 aliphatic carbocycles. The molecule has 2 aromatic carbocycles. The van der Waals surface area contributed by atoms with Gasteiger partial charge in [-0.2, -0.15) is 0 Å². The molecule has 6 heteroatoms. The summed E-state index contributed by atoms with van der Waals surface area (Å²) in [6, 6.07) is 9.21. The zero-order valence-corrected chi connectivity index (χ0v) is 17.8. The minimum atomic E-state index is -0.0353. The molecule has 1 nitrogen and oxygen atoms in total. The molecular weight excluding hydrogens is 584 g/mol. The Hall–Kier alpha value is 0.510. The first-order valence-corrected chi connectivity index (χ1v) is 9.79. The van der Waals surface area contributed by atoms with Gasteiger partial charge in [-0.3, -0.25) is 4.79 Å². The fourth-order valence-electron chi connectivity index (χ4n) is 1.73. The summed E-state index contributed by atoms with van der Waals surface area (Å²) in [6.45, 7) is 0. The topological polar surface area (TPSA) is 17.1 Å². The Morgan fingerprint density at radius 3 is 1.80 bits per heavy atom. The minimum absolute atomic E-state index is 0.0353. The summed E-state index contributed by atoms with van der Waals surface area (Å²) in [5.41, 5.74) is 2.28. The van der Waals surface area contributed by atoms with Crippen molar-refractivity contribution >= 4 is 85.4 Å².